The van der Waals surface area contributed by atoms with Gasteiger partial charge in [-0.2, -0.15) is 0 Å². The fraction of sp³-hybridized carbons (Fsp3) is 0.0870. The topological polar surface area (TPSA) is 37.3 Å². The highest BCUT2D eigenvalue weighted by Gasteiger charge is 2.25. The van der Waals surface area contributed by atoms with Crippen LogP contribution in [0.5, 0.6) is 5.75 Å². The number of carbonyl (C=O) groups is 1. The summed E-state index contributed by atoms with van der Waals surface area (Å²) >= 11 is 0. The number of aryl methyl sites for hydroxylation is 1. The van der Waals surface area contributed by atoms with Gasteiger partial charge in [0.25, 0.3) is 0 Å². The Kier molecular flexibility index (Phi) is 3.95. The quantitative estimate of drug-likeness (QED) is 0.686. The molecule has 0 saturated heterocycles. The van der Waals surface area contributed by atoms with Crippen LogP contribution in [-0.4, -0.2) is 10.9 Å². The van der Waals surface area contributed by atoms with Crippen molar-refractivity contribution in [3.05, 3.63) is 107 Å². The summed E-state index contributed by atoms with van der Waals surface area (Å²) < 4.78 is 0. The van der Waals surface area contributed by atoms with Crippen molar-refractivity contribution in [1.29, 1.82) is 0 Å². The normalized spacial score (nSPS) is 13.4. The second kappa shape index (κ2) is 6.40. The van der Waals surface area contributed by atoms with Crippen molar-refractivity contribution < 1.29 is 9.90 Å². The lowest BCUT2D eigenvalue weighted by Gasteiger charge is -2.23. The summed E-state index contributed by atoms with van der Waals surface area (Å²) in [5.74, 6) is 0.105. The van der Waals surface area contributed by atoms with E-state index >= 15 is 0 Å². The van der Waals surface area contributed by atoms with Crippen molar-refractivity contribution in [2.75, 3.05) is 0 Å². The van der Waals surface area contributed by atoms with Gasteiger partial charge >= 0.3 is 0 Å². The van der Waals surface area contributed by atoms with Crippen molar-refractivity contribution in [3.8, 4) is 5.75 Å². The highest BCUT2D eigenvalue weighted by atomic mass is 16.3. The molecule has 0 amide bonds. The van der Waals surface area contributed by atoms with Crippen LogP contribution >= 0.6 is 0 Å². The highest BCUT2D eigenvalue weighted by molar-refractivity contribution is 6.15. The minimum absolute atomic E-state index is 0.00995. The lowest BCUT2D eigenvalue weighted by atomic mass is 9.80. The molecule has 0 spiro atoms. The van der Waals surface area contributed by atoms with Gasteiger partial charge in [-0.25, -0.2) is 0 Å². The Morgan fingerprint density at radius 2 is 1.56 bits per heavy atom. The Morgan fingerprint density at radius 1 is 0.800 bits per heavy atom. The van der Waals surface area contributed by atoms with Crippen LogP contribution in [0.1, 0.15) is 33.5 Å². The lowest BCUT2D eigenvalue weighted by Crippen LogP contribution is -2.13. The van der Waals surface area contributed by atoms with Crippen molar-refractivity contribution in [2.45, 2.75) is 12.8 Å². The molecular formula is C23H18O2. The van der Waals surface area contributed by atoms with Gasteiger partial charge in [0.15, 0.2) is 5.78 Å². The van der Waals surface area contributed by atoms with Gasteiger partial charge in [0, 0.05) is 11.1 Å². The first kappa shape index (κ1) is 15.4. The fourth-order valence-corrected chi connectivity index (χ4v) is 3.51. The van der Waals surface area contributed by atoms with Crippen LogP contribution < -0.4 is 0 Å². The van der Waals surface area contributed by atoms with E-state index in [0.717, 1.165) is 28.7 Å². The van der Waals surface area contributed by atoms with Crippen LogP contribution in [0, 0.1) is 0 Å². The molecule has 1 aliphatic carbocycles. The number of hydrogen-bond donors (Lipinski definition) is 1. The number of allylic oxidation sites excluding steroid dienone is 1. The number of rotatable bonds is 3. The summed E-state index contributed by atoms with van der Waals surface area (Å²) in [6.45, 7) is 0. The minimum Gasteiger partial charge on any atom is -0.508 e. The fourth-order valence-electron chi connectivity index (χ4n) is 3.51. The number of phenols is 1. The second-order valence-electron chi connectivity index (χ2n) is 6.26. The zero-order valence-corrected chi connectivity index (χ0v) is 13.8. The van der Waals surface area contributed by atoms with Gasteiger partial charge in [0.05, 0.1) is 0 Å². The first-order valence-electron chi connectivity index (χ1n) is 8.44. The summed E-state index contributed by atoms with van der Waals surface area (Å²) in [4.78, 5) is 13.2. The number of Topliss-reactive ketones (excluding diaryl/α,β-unsaturated/α-hetero) is 1. The third-order valence-corrected chi connectivity index (χ3v) is 4.68. The third-order valence-electron chi connectivity index (χ3n) is 4.68. The van der Waals surface area contributed by atoms with Crippen molar-refractivity contribution in [2.24, 2.45) is 0 Å². The number of hydrogen-bond acceptors (Lipinski definition) is 2. The molecule has 3 aromatic carbocycles. The molecule has 0 aromatic heterocycles. The van der Waals surface area contributed by atoms with Gasteiger partial charge in [-0.1, -0.05) is 66.7 Å². The van der Waals surface area contributed by atoms with Crippen molar-refractivity contribution in [1.82, 2.24) is 0 Å². The first-order chi connectivity index (χ1) is 12.2. The zero-order valence-electron chi connectivity index (χ0n) is 13.8. The summed E-state index contributed by atoms with van der Waals surface area (Å²) in [7, 11) is 0. The van der Waals surface area contributed by atoms with E-state index in [1.54, 1.807) is 24.3 Å². The summed E-state index contributed by atoms with van der Waals surface area (Å²) in [6.07, 6.45) is 1.56. The SMILES string of the molecule is O=C(C1=C(c2ccccc2)c2ccccc2CC1)c1cccc(O)c1. The Bertz CT molecular complexity index is 968. The van der Waals surface area contributed by atoms with Crippen molar-refractivity contribution >= 4 is 11.4 Å². The zero-order chi connectivity index (χ0) is 17.2. The van der Waals surface area contributed by atoms with Crippen LogP contribution in [0.2, 0.25) is 0 Å². The number of benzene rings is 3. The smallest absolute Gasteiger partial charge is 0.189 e. The summed E-state index contributed by atoms with van der Waals surface area (Å²) in [5.41, 5.74) is 5.81. The van der Waals surface area contributed by atoms with Gasteiger partial charge in [0.1, 0.15) is 5.75 Å². The standard InChI is InChI=1S/C23H18O2/c24-19-11-6-10-18(15-19)23(25)21-14-13-16-7-4-5-12-20(16)22(21)17-8-2-1-3-9-17/h1-12,15,24H,13-14H2. The predicted octanol–water partition coefficient (Wildman–Crippen LogP) is 5.02. The number of fused-ring (bicyclic) bond motifs is 1. The van der Waals surface area contributed by atoms with Gasteiger partial charge in [-0.15, -0.1) is 0 Å². The predicted molar refractivity (Wildman–Crippen MR) is 99.7 cm³/mol. The Hall–Kier alpha value is -3.13. The van der Waals surface area contributed by atoms with E-state index < -0.39 is 0 Å². The molecule has 1 aliphatic rings. The molecule has 122 valence electrons. The third kappa shape index (κ3) is 2.87. The van der Waals surface area contributed by atoms with E-state index in [4.69, 9.17) is 0 Å². The number of aromatic hydroxyl groups is 1. The maximum Gasteiger partial charge on any atom is 0.189 e. The maximum absolute atomic E-state index is 13.2. The molecule has 0 fully saturated rings. The van der Waals surface area contributed by atoms with Crippen LogP contribution in [0.4, 0.5) is 0 Å². The molecule has 4 rings (SSSR count). The van der Waals surface area contributed by atoms with Gasteiger partial charge < -0.3 is 5.11 Å². The minimum atomic E-state index is -0.00995. The molecule has 0 unspecified atom stereocenters. The lowest BCUT2D eigenvalue weighted by molar-refractivity contribution is 0.103. The molecule has 0 heterocycles. The molecular weight excluding hydrogens is 308 g/mol. The molecule has 2 nitrogen and oxygen atoms in total. The van der Waals surface area contributed by atoms with E-state index in [-0.39, 0.29) is 11.5 Å². The molecule has 1 N–H and O–H groups in total. The Balaban J connectivity index is 1.93. The molecule has 0 saturated carbocycles. The molecule has 0 radical (unpaired) electrons. The van der Waals surface area contributed by atoms with Crippen LogP contribution in [0.25, 0.3) is 5.57 Å². The Labute approximate surface area is 147 Å². The second-order valence-corrected chi connectivity index (χ2v) is 6.26. The number of phenolic OH excluding ortho intramolecular Hbond substituents is 1. The molecule has 3 aromatic rings. The van der Waals surface area contributed by atoms with Crippen LogP contribution in [0.15, 0.2) is 84.4 Å². The number of ketones is 1. The van der Waals surface area contributed by atoms with Gasteiger partial charge in [-0.05, 0) is 47.2 Å². The van der Waals surface area contributed by atoms with Gasteiger partial charge in [0.2, 0.25) is 0 Å². The maximum atomic E-state index is 13.2. The van der Waals surface area contributed by atoms with E-state index in [2.05, 4.69) is 12.1 Å². The van der Waals surface area contributed by atoms with Crippen molar-refractivity contribution in [3.63, 3.8) is 0 Å². The largest absolute Gasteiger partial charge is 0.508 e. The van der Waals surface area contributed by atoms with E-state index in [9.17, 15) is 9.90 Å². The van der Waals surface area contributed by atoms with Crippen LogP contribution in [0.3, 0.4) is 0 Å². The first-order valence-corrected chi connectivity index (χ1v) is 8.44. The molecule has 0 atom stereocenters. The Morgan fingerprint density at radius 3 is 2.36 bits per heavy atom. The molecule has 2 heteroatoms. The monoisotopic (exact) mass is 326 g/mol. The summed E-state index contributed by atoms with van der Waals surface area (Å²) in [5, 5.41) is 9.73. The molecule has 0 bridgehead atoms. The van der Waals surface area contributed by atoms with Gasteiger partial charge in [-0.3, -0.25) is 4.79 Å². The average Bonchev–Trinajstić information content (AvgIpc) is 2.67. The molecule has 25 heavy (non-hydrogen) atoms. The average molecular weight is 326 g/mol. The number of carbonyl (C=O) groups excluding carboxylic acids is 1. The van der Waals surface area contributed by atoms with E-state index in [1.807, 2.05) is 42.5 Å². The van der Waals surface area contributed by atoms with Crippen LogP contribution in [-0.2, 0) is 6.42 Å². The summed E-state index contributed by atoms with van der Waals surface area (Å²) in [6, 6.07) is 25.0. The van der Waals surface area contributed by atoms with E-state index in [0.29, 0.717) is 12.0 Å². The highest BCUT2D eigenvalue weighted by Crippen LogP contribution is 2.37. The molecule has 0 aliphatic heterocycles. The van der Waals surface area contributed by atoms with E-state index in [1.165, 1.54) is 5.56 Å².